The van der Waals surface area contributed by atoms with E-state index in [4.69, 9.17) is 27.9 Å². The van der Waals surface area contributed by atoms with Crippen molar-refractivity contribution in [3.05, 3.63) is 50.1 Å². The van der Waals surface area contributed by atoms with E-state index < -0.39 is 0 Å². The Labute approximate surface area is 143 Å². The molecule has 1 aliphatic rings. The van der Waals surface area contributed by atoms with Gasteiger partial charge in [0.25, 0.3) is 0 Å². The second kappa shape index (κ2) is 6.49. The van der Waals surface area contributed by atoms with Crippen LogP contribution in [-0.2, 0) is 17.8 Å². The Hall–Kier alpha value is -1.23. The molecule has 1 aromatic carbocycles. The van der Waals surface area contributed by atoms with Gasteiger partial charge < -0.3 is 9.64 Å². The van der Waals surface area contributed by atoms with E-state index in [1.165, 1.54) is 11.3 Å². The summed E-state index contributed by atoms with van der Waals surface area (Å²) < 4.78 is 6.43. The van der Waals surface area contributed by atoms with Crippen LogP contribution in [-0.4, -0.2) is 24.5 Å². The van der Waals surface area contributed by atoms with Crippen molar-refractivity contribution in [1.29, 1.82) is 0 Å². The molecule has 2 heterocycles. The Kier molecular flexibility index (Phi) is 4.62. The van der Waals surface area contributed by atoms with Crippen LogP contribution < -0.4 is 4.74 Å². The number of rotatable bonds is 3. The Morgan fingerprint density at radius 1 is 1.36 bits per heavy atom. The van der Waals surface area contributed by atoms with Crippen molar-refractivity contribution in [2.24, 2.45) is 5.92 Å². The maximum atomic E-state index is 12.6. The number of thiophene rings is 1. The van der Waals surface area contributed by atoms with Crippen molar-refractivity contribution in [3.8, 4) is 5.75 Å². The van der Waals surface area contributed by atoms with E-state index in [2.05, 4.69) is 0 Å². The first-order chi connectivity index (χ1) is 10.5. The molecular weight excluding hydrogens is 341 g/mol. The largest absolute Gasteiger partial charge is 0.492 e. The molecule has 6 heteroatoms. The van der Waals surface area contributed by atoms with E-state index in [0.717, 1.165) is 20.5 Å². The Bertz CT molecular complexity index is 701. The highest BCUT2D eigenvalue weighted by Crippen LogP contribution is 2.31. The van der Waals surface area contributed by atoms with E-state index in [-0.39, 0.29) is 11.8 Å². The number of nitrogens with zero attached hydrogens (tertiary/aromatic N) is 1. The highest BCUT2D eigenvalue weighted by atomic mass is 35.5. The van der Waals surface area contributed by atoms with Crippen LogP contribution in [0.2, 0.25) is 9.36 Å². The SMILES string of the molecule is CN(Cc1ccc(Cl)s1)C(=O)[C@@H]1COc2ccc(Cl)cc2C1. The van der Waals surface area contributed by atoms with Gasteiger partial charge in [-0.05, 0) is 42.3 Å². The summed E-state index contributed by atoms with van der Waals surface area (Å²) in [7, 11) is 1.81. The first-order valence-electron chi connectivity index (χ1n) is 6.93. The van der Waals surface area contributed by atoms with Crippen LogP contribution in [0.25, 0.3) is 0 Å². The number of halogens is 2. The maximum absolute atomic E-state index is 12.6. The van der Waals surface area contributed by atoms with Crippen LogP contribution in [0.4, 0.5) is 0 Å². The molecule has 0 saturated carbocycles. The predicted octanol–water partition coefficient (Wildman–Crippen LogP) is 4.26. The van der Waals surface area contributed by atoms with Gasteiger partial charge in [0.15, 0.2) is 0 Å². The van der Waals surface area contributed by atoms with Gasteiger partial charge >= 0.3 is 0 Å². The third kappa shape index (κ3) is 3.40. The predicted molar refractivity (Wildman–Crippen MR) is 89.9 cm³/mol. The van der Waals surface area contributed by atoms with Crippen LogP contribution in [0.5, 0.6) is 5.75 Å². The van der Waals surface area contributed by atoms with Gasteiger partial charge in [-0.3, -0.25) is 4.79 Å². The third-order valence-corrected chi connectivity index (χ3v) is 5.13. The molecule has 0 saturated heterocycles. The summed E-state index contributed by atoms with van der Waals surface area (Å²) in [6, 6.07) is 9.32. The second-order valence-corrected chi connectivity index (χ2v) is 7.60. The van der Waals surface area contributed by atoms with E-state index in [0.29, 0.717) is 24.6 Å². The number of carbonyl (C=O) groups is 1. The van der Waals surface area contributed by atoms with Crippen molar-refractivity contribution < 1.29 is 9.53 Å². The topological polar surface area (TPSA) is 29.5 Å². The average molecular weight is 356 g/mol. The number of ether oxygens (including phenoxy) is 1. The molecule has 0 aliphatic carbocycles. The Morgan fingerprint density at radius 3 is 2.91 bits per heavy atom. The second-order valence-electron chi connectivity index (χ2n) is 5.36. The average Bonchev–Trinajstić information content (AvgIpc) is 2.90. The lowest BCUT2D eigenvalue weighted by Gasteiger charge is -2.28. The summed E-state index contributed by atoms with van der Waals surface area (Å²) in [6.07, 6.45) is 0.657. The zero-order valence-electron chi connectivity index (χ0n) is 12.0. The van der Waals surface area contributed by atoms with Crippen molar-refractivity contribution in [2.45, 2.75) is 13.0 Å². The first kappa shape index (κ1) is 15.7. The van der Waals surface area contributed by atoms with Gasteiger partial charge in [-0.2, -0.15) is 0 Å². The monoisotopic (exact) mass is 355 g/mol. The van der Waals surface area contributed by atoms with Gasteiger partial charge in [0, 0.05) is 16.9 Å². The minimum atomic E-state index is -0.175. The zero-order chi connectivity index (χ0) is 15.7. The molecular formula is C16H15Cl2NO2S. The minimum absolute atomic E-state index is 0.0788. The van der Waals surface area contributed by atoms with E-state index in [1.54, 1.807) is 11.0 Å². The summed E-state index contributed by atoms with van der Waals surface area (Å²) in [4.78, 5) is 15.4. The lowest BCUT2D eigenvalue weighted by molar-refractivity contribution is -0.136. The smallest absolute Gasteiger partial charge is 0.229 e. The summed E-state index contributed by atoms with van der Waals surface area (Å²) in [5, 5.41) is 0.664. The van der Waals surface area contributed by atoms with Crippen LogP contribution in [0.15, 0.2) is 30.3 Å². The fourth-order valence-corrected chi connectivity index (χ4v) is 3.92. The molecule has 22 heavy (non-hydrogen) atoms. The molecule has 3 rings (SSSR count). The molecule has 0 radical (unpaired) electrons. The van der Waals surface area contributed by atoms with Crippen molar-refractivity contribution in [2.75, 3.05) is 13.7 Å². The molecule has 0 fully saturated rings. The molecule has 0 N–H and O–H groups in total. The van der Waals surface area contributed by atoms with Gasteiger partial charge in [-0.25, -0.2) is 0 Å². The Balaban J connectivity index is 1.68. The maximum Gasteiger partial charge on any atom is 0.229 e. The van der Waals surface area contributed by atoms with Crippen molar-refractivity contribution >= 4 is 40.4 Å². The number of fused-ring (bicyclic) bond motifs is 1. The standard InChI is InChI=1S/C16H15Cl2NO2S/c1-19(8-13-3-5-15(18)22-13)16(20)11-6-10-7-12(17)2-4-14(10)21-9-11/h2-5,7,11H,6,8-9H2,1H3/t11-/m0/s1. The van der Waals surface area contributed by atoms with Gasteiger partial charge in [-0.1, -0.05) is 23.2 Å². The summed E-state index contributed by atoms with van der Waals surface area (Å²) in [6.45, 7) is 0.970. The first-order valence-corrected chi connectivity index (χ1v) is 8.50. The number of carbonyl (C=O) groups excluding carboxylic acids is 1. The van der Waals surface area contributed by atoms with Gasteiger partial charge in [-0.15, -0.1) is 11.3 Å². The molecule has 116 valence electrons. The van der Waals surface area contributed by atoms with E-state index >= 15 is 0 Å². The number of amides is 1. The molecule has 0 unspecified atom stereocenters. The summed E-state index contributed by atoms with van der Waals surface area (Å²) in [5.74, 6) is 0.725. The van der Waals surface area contributed by atoms with Crippen LogP contribution in [0.1, 0.15) is 10.4 Å². The van der Waals surface area contributed by atoms with Gasteiger partial charge in [0.2, 0.25) is 5.91 Å². The van der Waals surface area contributed by atoms with E-state index in [9.17, 15) is 4.79 Å². The van der Waals surface area contributed by atoms with Gasteiger partial charge in [0.05, 0.1) is 16.8 Å². The number of benzene rings is 1. The summed E-state index contributed by atoms with van der Waals surface area (Å²) in [5.41, 5.74) is 0.990. The fraction of sp³-hybridized carbons (Fsp3) is 0.312. The molecule has 1 amide bonds. The third-order valence-electron chi connectivity index (χ3n) is 3.68. The summed E-state index contributed by atoms with van der Waals surface area (Å²) >= 11 is 13.4. The lowest BCUT2D eigenvalue weighted by Crippen LogP contribution is -2.38. The molecule has 3 nitrogen and oxygen atoms in total. The Morgan fingerprint density at radius 2 is 2.18 bits per heavy atom. The molecule has 1 aromatic heterocycles. The molecule has 1 aliphatic heterocycles. The van der Waals surface area contributed by atoms with Gasteiger partial charge in [0.1, 0.15) is 12.4 Å². The zero-order valence-corrected chi connectivity index (χ0v) is 14.3. The van der Waals surface area contributed by atoms with E-state index in [1.807, 2.05) is 31.3 Å². The lowest BCUT2D eigenvalue weighted by atomic mass is 9.95. The van der Waals surface area contributed by atoms with Crippen molar-refractivity contribution in [1.82, 2.24) is 4.90 Å². The molecule has 2 aromatic rings. The molecule has 1 atom stereocenters. The quantitative estimate of drug-likeness (QED) is 0.822. The normalized spacial score (nSPS) is 16.8. The fourth-order valence-electron chi connectivity index (χ4n) is 2.58. The molecule has 0 bridgehead atoms. The molecule has 0 spiro atoms. The van der Waals surface area contributed by atoms with Crippen molar-refractivity contribution in [3.63, 3.8) is 0 Å². The van der Waals surface area contributed by atoms with Crippen LogP contribution >= 0.6 is 34.5 Å². The van der Waals surface area contributed by atoms with Crippen LogP contribution in [0.3, 0.4) is 0 Å². The van der Waals surface area contributed by atoms with Crippen LogP contribution in [0, 0.1) is 5.92 Å². The number of hydrogen-bond donors (Lipinski definition) is 0. The highest BCUT2D eigenvalue weighted by molar-refractivity contribution is 7.16. The number of hydrogen-bond acceptors (Lipinski definition) is 3. The minimum Gasteiger partial charge on any atom is -0.492 e. The highest BCUT2D eigenvalue weighted by Gasteiger charge is 2.28.